The number of fused-ring (bicyclic) bond motifs is 1. The number of nitrogens with two attached hydrogens (primary N) is 1. The van der Waals surface area contributed by atoms with Crippen LogP contribution in [0.3, 0.4) is 0 Å². The highest BCUT2D eigenvalue weighted by atomic mass is 16.5. The molecule has 1 heterocycles. The molecule has 1 amide bonds. The minimum absolute atomic E-state index is 0.225. The maximum absolute atomic E-state index is 12.5. The van der Waals surface area contributed by atoms with Crippen molar-refractivity contribution in [3.63, 3.8) is 0 Å². The number of furan rings is 1. The number of carbonyl (C=O) groups is 1. The number of para-hydroxylation sites is 2. The maximum atomic E-state index is 12.5. The molecule has 4 N–H and O–H groups in total. The van der Waals surface area contributed by atoms with Crippen molar-refractivity contribution >= 4 is 33.9 Å². The molecule has 0 aliphatic heterocycles. The van der Waals surface area contributed by atoms with Gasteiger partial charge in [-0.1, -0.05) is 32.0 Å². The van der Waals surface area contributed by atoms with Gasteiger partial charge >= 0.3 is 0 Å². The van der Waals surface area contributed by atoms with Crippen LogP contribution in [0.15, 0.2) is 71.1 Å². The Hall–Kier alpha value is -4.13. The van der Waals surface area contributed by atoms with E-state index in [0.717, 1.165) is 16.6 Å². The van der Waals surface area contributed by atoms with Crippen LogP contribution in [0.5, 0.6) is 11.5 Å². The minimum Gasteiger partial charge on any atom is -0.493 e. The van der Waals surface area contributed by atoms with E-state index in [9.17, 15) is 4.79 Å². The standard InChI is InChI=1S/C24H23N3O4.C2H6/c1-29-21-10-8-17(13-22(21)30-2)26-14-15-7-9-20-16(11-15)12-23(31-20)24(28)27-19-6-4-3-5-18(19)25;1-2/h3-13,26H,14,25H2,1-2H3,(H,27,28);1-2H3. The molecule has 0 unspecified atom stereocenters. The SMILES string of the molecule is CC.COc1ccc(NCc2ccc3oc(C(=O)Nc4ccccc4N)cc3c2)cc1OC. The minimum atomic E-state index is -0.348. The van der Waals surface area contributed by atoms with Crippen LogP contribution in [0, 0.1) is 0 Å². The van der Waals surface area contributed by atoms with Crippen molar-refractivity contribution in [2.75, 3.05) is 30.6 Å². The molecule has 0 atom stereocenters. The summed E-state index contributed by atoms with van der Waals surface area (Å²) in [6, 6.07) is 20.3. The van der Waals surface area contributed by atoms with E-state index in [0.29, 0.717) is 35.0 Å². The lowest BCUT2D eigenvalue weighted by Gasteiger charge is -2.11. The third-order valence-electron chi connectivity index (χ3n) is 4.89. The molecule has 0 saturated carbocycles. The van der Waals surface area contributed by atoms with E-state index in [1.165, 1.54) is 0 Å². The molecule has 0 aliphatic rings. The molecular formula is C26H29N3O4. The van der Waals surface area contributed by atoms with E-state index < -0.39 is 0 Å². The highest BCUT2D eigenvalue weighted by Crippen LogP contribution is 2.30. The molecule has 7 heteroatoms. The molecule has 0 fully saturated rings. The molecule has 4 rings (SSSR count). The van der Waals surface area contributed by atoms with Gasteiger partial charge in [0.25, 0.3) is 5.91 Å². The zero-order valence-electron chi connectivity index (χ0n) is 19.3. The number of benzene rings is 3. The predicted octanol–water partition coefficient (Wildman–Crippen LogP) is 5.92. The van der Waals surface area contributed by atoms with Gasteiger partial charge < -0.3 is 30.3 Å². The number of anilines is 3. The van der Waals surface area contributed by atoms with Crippen molar-refractivity contribution in [3.8, 4) is 11.5 Å². The van der Waals surface area contributed by atoms with E-state index in [2.05, 4.69) is 10.6 Å². The van der Waals surface area contributed by atoms with Gasteiger partial charge in [0.15, 0.2) is 17.3 Å². The number of hydrogen-bond donors (Lipinski definition) is 3. The van der Waals surface area contributed by atoms with Gasteiger partial charge in [-0.25, -0.2) is 0 Å². The van der Waals surface area contributed by atoms with Crippen molar-refractivity contribution in [3.05, 3.63) is 78.1 Å². The van der Waals surface area contributed by atoms with Gasteiger partial charge in [0.1, 0.15) is 5.58 Å². The Bertz CT molecular complexity index is 1230. The van der Waals surface area contributed by atoms with Crippen LogP contribution in [-0.2, 0) is 6.54 Å². The van der Waals surface area contributed by atoms with Crippen molar-refractivity contribution in [1.82, 2.24) is 0 Å². The highest BCUT2D eigenvalue weighted by Gasteiger charge is 2.14. The first-order valence-corrected chi connectivity index (χ1v) is 10.7. The van der Waals surface area contributed by atoms with Crippen LogP contribution in [-0.4, -0.2) is 20.1 Å². The molecule has 1 aromatic heterocycles. The average molecular weight is 448 g/mol. The molecular weight excluding hydrogens is 418 g/mol. The molecule has 4 aromatic rings. The summed E-state index contributed by atoms with van der Waals surface area (Å²) in [7, 11) is 3.21. The first-order valence-electron chi connectivity index (χ1n) is 10.7. The van der Waals surface area contributed by atoms with Crippen LogP contribution in [0.2, 0.25) is 0 Å². The molecule has 0 radical (unpaired) electrons. The number of hydrogen-bond acceptors (Lipinski definition) is 6. The number of methoxy groups -OCH3 is 2. The Labute approximate surface area is 193 Å². The van der Waals surface area contributed by atoms with Crippen molar-refractivity contribution in [2.24, 2.45) is 0 Å². The van der Waals surface area contributed by atoms with Gasteiger partial charge in [-0.3, -0.25) is 4.79 Å². The summed E-state index contributed by atoms with van der Waals surface area (Å²) in [6.07, 6.45) is 0. The Morgan fingerprint density at radius 1 is 0.939 bits per heavy atom. The highest BCUT2D eigenvalue weighted by molar-refractivity contribution is 6.06. The molecule has 7 nitrogen and oxygen atoms in total. The van der Waals surface area contributed by atoms with Crippen LogP contribution >= 0.6 is 0 Å². The normalized spacial score (nSPS) is 10.2. The van der Waals surface area contributed by atoms with E-state index >= 15 is 0 Å². The Morgan fingerprint density at radius 3 is 2.42 bits per heavy atom. The molecule has 0 bridgehead atoms. The zero-order chi connectivity index (χ0) is 23.8. The van der Waals surface area contributed by atoms with Crippen molar-refractivity contribution in [2.45, 2.75) is 20.4 Å². The van der Waals surface area contributed by atoms with Gasteiger partial charge in [0, 0.05) is 23.7 Å². The summed E-state index contributed by atoms with van der Waals surface area (Å²) in [6.45, 7) is 4.60. The van der Waals surface area contributed by atoms with E-state index in [1.54, 1.807) is 32.4 Å². The number of ether oxygens (including phenoxy) is 2. The summed E-state index contributed by atoms with van der Waals surface area (Å²) in [5.41, 5.74) is 9.53. The van der Waals surface area contributed by atoms with Crippen LogP contribution < -0.4 is 25.8 Å². The van der Waals surface area contributed by atoms with Crippen LogP contribution in [0.4, 0.5) is 17.1 Å². The quantitative estimate of drug-likeness (QED) is 0.304. The maximum Gasteiger partial charge on any atom is 0.291 e. The van der Waals surface area contributed by atoms with Crippen LogP contribution in [0.25, 0.3) is 11.0 Å². The second kappa shape index (κ2) is 10.9. The topological polar surface area (TPSA) is 98.8 Å². The van der Waals surface area contributed by atoms with Gasteiger partial charge in [0.2, 0.25) is 0 Å². The fraction of sp³-hybridized carbons (Fsp3) is 0.192. The molecule has 0 aliphatic carbocycles. The zero-order valence-corrected chi connectivity index (χ0v) is 19.3. The van der Waals surface area contributed by atoms with E-state index in [-0.39, 0.29) is 11.7 Å². The third kappa shape index (κ3) is 5.57. The summed E-state index contributed by atoms with van der Waals surface area (Å²) in [4.78, 5) is 12.5. The number of nitrogen functional groups attached to an aromatic ring is 1. The fourth-order valence-corrected chi connectivity index (χ4v) is 3.26. The number of rotatable bonds is 7. The van der Waals surface area contributed by atoms with Gasteiger partial charge in [-0.05, 0) is 48.0 Å². The lowest BCUT2D eigenvalue weighted by atomic mass is 10.1. The number of nitrogens with one attached hydrogen (secondary N) is 2. The lowest BCUT2D eigenvalue weighted by molar-refractivity contribution is 0.0998. The second-order valence-electron chi connectivity index (χ2n) is 6.95. The summed E-state index contributed by atoms with van der Waals surface area (Å²) in [5.74, 6) is 1.21. The Balaban J connectivity index is 0.00000149. The molecule has 172 valence electrons. The number of amides is 1. The molecule has 0 saturated heterocycles. The van der Waals surface area contributed by atoms with Crippen molar-refractivity contribution in [1.29, 1.82) is 0 Å². The average Bonchev–Trinajstić information content (AvgIpc) is 3.29. The van der Waals surface area contributed by atoms with Crippen molar-refractivity contribution < 1.29 is 18.7 Å². The molecule has 3 aromatic carbocycles. The predicted molar refractivity (Wildman–Crippen MR) is 133 cm³/mol. The Kier molecular flexibility index (Phi) is 7.81. The van der Waals surface area contributed by atoms with E-state index in [4.69, 9.17) is 19.6 Å². The monoisotopic (exact) mass is 447 g/mol. The third-order valence-corrected chi connectivity index (χ3v) is 4.89. The Morgan fingerprint density at radius 2 is 1.70 bits per heavy atom. The molecule has 0 spiro atoms. The lowest BCUT2D eigenvalue weighted by Crippen LogP contribution is -2.12. The van der Waals surface area contributed by atoms with Gasteiger partial charge in [-0.15, -0.1) is 0 Å². The first kappa shape index (κ1) is 23.5. The summed E-state index contributed by atoms with van der Waals surface area (Å²) in [5, 5.41) is 6.98. The van der Waals surface area contributed by atoms with Gasteiger partial charge in [-0.2, -0.15) is 0 Å². The fourth-order valence-electron chi connectivity index (χ4n) is 3.26. The first-order chi connectivity index (χ1) is 16.1. The number of carbonyl (C=O) groups excluding carboxylic acids is 1. The van der Waals surface area contributed by atoms with Gasteiger partial charge in [0.05, 0.1) is 25.6 Å². The smallest absolute Gasteiger partial charge is 0.291 e. The van der Waals surface area contributed by atoms with Crippen LogP contribution in [0.1, 0.15) is 30.0 Å². The second-order valence-corrected chi connectivity index (χ2v) is 6.95. The summed E-state index contributed by atoms with van der Waals surface area (Å²) >= 11 is 0. The molecule has 33 heavy (non-hydrogen) atoms. The van der Waals surface area contributed by atoms with E-state index in [1.807, 2.05) is 62.4 Å². The largest absolute Gasteiger partial charge is 0.493 e. The summed E-state index contributed by atoms with van der Waals surface area (Å²) < 4.78 is 16.3.